The first-order valence-corrected chi connectivity index (χ1v) is 5.48. The van der Waals surface area contributed by atoms with Crippen LogP contribution in [0, 0.1) is 5.92 Å². The Kier molecular flexibility index (Phi) is 4.21. The monoisotopic (exact) mass is 249 g/mol. The summed E-state index contributed by atoms with van der Waals surface area (Å²) in [5, 5.41) is 11.0. The minimum atomic E-state index is 0.167. The van der Waals surface area contributed by atoms with E-state index in [1.165, 1.54) is 4.88 Å². The average Bonchev–Trinajstić information content (AvgIpc) is 2.47. The Bertz CT molecular complexity index is 235. The SMILES string of the molecule is NCC(CO)Cc1sccc1Br. The van der Waals surface area contributed by atoms with Crippen LogP contribution in [0.3, 0.4) is 0 Å². The number of nitrogens with two attached hydrogens (primary N) is 1. The molecule has 12 heavy (non-hydrogen) atoms. The van der Waals surface area contributed by atoms with Gasteiger partial charge in [-0.05, 0) is 46.3 Å². The van der Waals surface area contributed by atoms with Crippen molar-refractivity contribution < 1.29 is 5.11 Å². The number of hydrogen-bond acceptors (Lipinski definition) is 3. The molecule has 1 atom stereocenters. The van der Waals surface area contributed by atoms with Crippen molar-refractivity contribution in [2.75, 3.05) is 13.2 Å². The first-order chi connectivity index (χ1) is 5.77. The zero-order valence-corrected chi connectivity index (χ0v) is 9.07. The molecule has 1 unspecified atom stereocenters. The van der Waals surface area contributed by atoms with Crippen LogP contribution in [0.4, 0.5) is 0 Å². The van der Waals surface area contributed by atoms with Crippen LogP contribution in [0.15, 0.2) is 15.9 Å². The summed E-state index contributed by atoms with van der Waals surface area (Å²) in [6.07, 6.45) is 0.866. The standard InChI is InChI=1S/C8H12BrNOS/c9-7-1-2-12-8(7)3-6(4-10)5-11/h1-2,6,11H,3-5,10H2. The van der Waals surface area contributed by atoms with E-state index in [9.17, 15) is 0 Å². The Balaban J connectivity index is 2.56. The maximum absolute atomic E-state index is 8.93. The fourth-order valence-corrected chi connectivity index (χ4v) is 2.59. The van der Waals surface area contributed by atoms with Gasteiger partial charge in [0.1, 0.15) is 0 Å². The highest BCUT2D eigenvalue weighted by atomic mass is 79.9. The van der Waals surface area contributed by atoms with Gasteiger partial charge in [0.15, 0.2) is 0 Å². The zero-order valence-electron chi connectivity index (χ0n) is 6.66. The minimum absolute atomic E-state index is 0.167. The molecule has 0 aromatic carbocycles. The van der Waals surface area contributed by atoms with E-state index in [0.717, 1.165) is 10.9 Å². The molecule has 1 rings (SSSR count). The van der Waals surface area contributed by atoms with E-state index >= 15 is 0 Å². The fourth-order valence-electron chi connectivity index (χ4n) is 0.955. The molecule has 0 saturated carbocycles. The Morgan fingerprint density at radius 3 is 2.83 bits per heavy atom. The summed E-state index contributed by atoms with van der Waals surface area (Å²) < 4.78 is 1.12. The van der Waals surface area contributed by atoms with Gasteiger partial charge in [-0.3, -0.25) is 0 Å². The highest BCUT2D eigenvalue weighted by Gasteiger charge is 2.09. The molecule has 1 aromatic rings. The summed E-state index contributed by atoms with van der Waals surface area (Å²) in [5.74, 6) is 0.194. The largest absolute Gasteiger partial charge is 0.396 e. The van der Waals surface area contributed by atoms with E-state index in [1.54, 1.807) is 11.3 Å². The summed E-state index contributed by atoms with van der Waals surface area (Å²) >= 11 is 5.14. The first kappa shape index (κ1) is 10.2. The van der Waals surface area contributed by atoms with Crippen LogP contribution in [0.25, 0.3) is 0 Å². The fraction of sp³-hybridized carbons (Fsp3) is 0.500. The van der Waals surface area contributed by atoms with Crippen molar-refractivity contribution >= 4 is 27.3 Å². The number of rotatable bonds is 4. The zero-order chi connectivity index (χ0) is 8.97. The highest BCUT2D eigenvalue weighted by molar-refractivity contribution is 9.10. The predicted molar refractivity (Wildman–Crippen MR) is 55.4 cm³/mol. The molecule has 1 aromatic heterocycles. The van der Waals surface area contributed by atoms with E-state index in [1.807, 2.05) is 11.4 Å². The molecule has 1 heterocycles. The third-order valence-electron chi connectivity index (χ3n) is 1.76. The lowest BCUT2D eigenvalue weighted by molar-refractivity contribution is 0.230. The van der Waals surface area contributed by atoms with Gasteiger partial charge in [-0.15, -0.1) is 11.3 Å². The van der Waals surface area contributed by atoms with Gasteiger partial charge in [0.05, 0.1) is 0 Å². The molecule has 0 saturated heterocycles. The van der Waals surface area contributed by atoms with E-state index < -0.39 is 0 Å². The second-order valence-electron chi connectivity index (χ2n) is 2.68. The predicted octanol–water partition coefficient (Wildman–Crippen LogP) is 1.62. The van der Waals surface area contributed by atoms with Crippen molar-refractivity contribution in [3.05, 3.63) is 20.8 Å². The van der Waals surface area contributed by atoms with Crippen LogP contribution in [-0.4, -0.2) is 18.3 Å². The average molecular weight is 250 g/mol. The third-order valence-corrected chi connectivity index (χ3v) is 3.71. The molecular formula is C8H12BrNOS. The lowest BCUT2D eigenvalue weighted by atomic mass is 10.1. The van der Waals surface area contributed by atoms with E-state index in [-0.39, 0.29) is 12.5 Å². The van der Waals surface area contributed by atoms with Gasteiger partial charge in [-0.1, -0.05) is 0 Å². The van der Waals surface area contributed by atoms with Crippen LogP contribution in [0.5, 0.6) is 0 Å². The van der Waals surface area contributed by atoms with Gasteiger partial charge >= 0.3 is 0 Å². The summed E-state index contributed by atoms with van der Waals surface area (Å²) in [6.45, 7) is 0.710. The molecular weight excluding hydrogens is 238 g/mol. The van der Waals surface area contributed by atoms with E-state index in [2.05, 4.69) is 15.9 Å². The molecule has 68 valence electrons. The highest BCUT2D eigenvalue weighted by Crippen LogP contribution is 2.25. The number of hydrogen-bond donors (Lipinski definition) is 2. The number of halogens is 1. The van der Waals surface area contributed by atoms with Crippen LogP contribution in [0.1, 0.15) is 4.88 Å². The van der Waals surface area contributed by atoms with Gasteiger partial charge in [0.2, 0.25) is 0 Å². The number of aliphatic hydroxyl groups excluding tert-OH is 1. The van der Waals surface area contributed by atoms with Crippen molar-refractivity contribution in [2.24, 2.45) is 11.7 Å². The third kappa shape index (κ3) is 2.55. The Hall–Kier alpha value is 0.100. The minimum Gasteiger partial charge on any atom is -0.396 e. The van der Waals surface area contributed by atoms with Crippen molar-refractivity contribution in [3.8, 4) is 0 Å². The van der Waals surface area contributed by atoms with Gasteiger partial charge in [0.25, 0.3) is 0 Å². The molecule has 0 amide bonds. The van der Waals surface area contributed by atoms with Crippen molar-refractivity contribution in [1.29, 1.82) is 0 Å². The van der Waals surface area contributed by atoms with Crippen LogP contribution < -0.4 is 5.73 Å². The lowest BCUT2D eigenvalue weighted by Gasteiger charge is -2.09. The van der Waals surface area contributed by atoms with Crippen LogP contribution >= 0.6 is 27.3 Å². The molecule has 0 aliphatic rings. The molecule has 0 fully saturated rings. The van der Waals surface area contributed by atoms with Crippen molar-refractivity contribution in [2.45, 2.75) is 6.42 Å². The van der Waals surface area contributed by atoms with E-state index in [4.69, 9.17) is 10.8 Å². The quantitative estimate of drug-likeness (QED) is 0.853. The Morgan fingerprint density at radius 1 is 1.67 bits per heavy atom. The molecule has 0 aliphatic heterocycles. The summed E-state index contributed by atoms with van der Waals surface area (Å²) in [6, 6.07) is 2.02. The summed E-state index contributed by atoms with van der Waals surface area (Å²) in [4.78, 5) is 1.26. The molecule has 0 aliphatic carbocycles. The lowest BCUT2D eigenvalue weighted by Crippen LogP contribution is -2.20. The van der Waals surface area contributed by atoms with Crippen LogP contribution in [-0.2, 0) is 6.42 Å². The van der Waals surface area contributed by atoms with Gasteiger partial charge < -0.3 is 10.8 Å². The van der Waals surface area contributed by atoms with Crippen molar-refractivity contribution in [1.82, 2.24) is 0 Å². The van der Waals surface area contributed by atoms with Gasteiger partial charge in [0, 0.05) is 16.0 Å². The second-order valence-corrected chi connectivity index (χ2v) is 4.54. The Morgan fingerprint density at radius 2 is 2.42 bits per heavy atom. The maximum Gasteiger partial charge on any atom is 0.0474 e. The molecule has 4 heteroatoms. The van der Waals surface area contributed by atoms with Gasteiger partial charge in [-0.2, -0.15) is 0 Å². The second kappa shape index (κ2) is 4.97. The molecule has 3 N–H and O–H groups in total. The summed E-state index contributed by atoms with van der Waals surface area (Å²) in [5.41, 5.74) is 5.48. The number of aliphatic hydroxyl groups is 1. The molecule has 2 nitrogen and oxygen atoms in total. The van der Waals surface area contributed by atoms with Crippen LogP contribution in [0.2, 0.25) is 0 Å². The number of thiophene rings is 1. The summed E-state index contributed by atoms with van der Waals surface area (Å²) in [7, 11) is 0. The molecule has 0 bridgehead atoms. The van der Waals surface area contributed by atoms with Gasteiger partial charge in [-0.25, -0.2) is 0 Å². The topological polar surface area (TPSA) is 46.2 Å². The molecule has 0 radical (unpaired) electrons. The van der Waals surface area contributed by atoms with Crippen molar-refractivity contribution in [3.63, 3.8) is 0 Å². The van der Waals surface area contributed by atoms with E-state index in [0.29, 0.717) is 6.54 Å². The Labute approximate surface area is 84.5 Å². The maximum atomic E-state index is 8.93. The smallest absolute Gasteiger partial charge is 0.0474 e. The molecule has 0 spiro atoms. The first-order valence-electron chi connectivity index (χ1n) is 3.80. The normalized spacial score (nSPS) is 13.2.